The Morgan fingerprint density at radius 1 is 0.912 bits per heavy atom. The molecule has 3 aromatic rings. The number of nitrogens with one attached hydrogen (secondary N) is 4. The van der Waals surface area contributed by atoms with Crippen LogP contribution < -0.4 is 24.8 Å². The van der Waals surface area contributed by atoms with Gasteiger partial charge in [0.25, 0.3) is 10.2 Å². The van der Waals surface area contributed by atoms with E-state index in [0.29, 0.717) is 24.9 Å². The molecule has 0 fully saturated rings. The lowest BCUT2D eigenvalue weighted by atomic mass is 10.1. The van der Waals surface area contributed by atoms with Crippen molar-refractivity contribution in [2.45, 2.75) is 41.2 Å². The summed E-state index contributed by atoms with van der Waals surface area (Å²) in [6, 6.07) is 11.5. The van der Waals surface area contributed by atoms with Gasteiger partial charge in [-0.15, -0.1) is 0 Å². The molecule has 0 unspecified atom stereocenters. The Bertz CT molecular complexity index is 1220. The highest BCUT2D eigenvalue weighted by Gasteiger charge is 2.10. The van der Waals surface area contributed by atoms with Crippen LogP contribution in [0.5, 0.6) is 5.75 Å². The van der Waals surface area contributed by atoms with Crippen molar-refractivity contribution < 1.29 is 13.2 Å². The van der Waals surface area contributed by atoms with Gasteiger partial charge in [0.1, 0.15) is 11.6 Å². The van der Waals surface area contributed by atoms with Crippen LogP contribution in [0, 0.1) is 20.8 Å². The lowest BCUT2D eigenvalue weighted by Crippen LogP contribution is -2.35. The Balaban J connectivity index is 1.75. The number of rotatable bonds is 11. The van der Waals surface area contributed by atoms with Gasteiger partial charge in [-0.25, -0.2) is 9.71 Å². The fourth-order valence-electron chi connectivity index (χ4n) is 3.47. The van der Waals surface area contributed by atoms with Gasteiger partial charge in [-0.05, 0) is 68.7 Å². The molecule has 0 aliphatic rings. The fraction of sp³-hybridized carbons (Fsp3) is 0.333. The Morgan fingerprint density at radius 3 is 2.32 bits per heavy atom. The molecular formula is C24H32N6O3S. The summed E-state index contributed by atoms with van der Waals surface area (Å²) < 4.78 is 34.3. The van der Waals surface area contributed by atoms with Gasteiger partial charge in [0.05, 0.1) is 6.61 Å². The number of ether oxygens (including phenoxy) is 1. The fourth-order valence-corrected chi connectivity index (χ4v) is 4.31. The van der Waals surface area contributed by atoms with Crippen molar-refractivity contribution in [2.24, 2.45) is 0 Å². The van der Waals surface area contributed by atoms with Gasteiger partial charge >= 0.3 is 0 Å². The quantitative estimate of drug-likeness (QED) is 0.322. The molecule has 182 valence electrons. The Kier molecular flexibility index (Phi) is 8.43. The van der Waals surface area contributed by atoms with Crippen molar-refractivity contribution in [3.63, 3.8) is 0 Å². The van der Waals surface area contributed by atoms with Crippen LogP contribution in [0.4, 0.5) is 23.1 Å². The molecule has 2 aromatic carbocycles. The molecule has 9 nitrogen and oxygen atoms in total. The van der Waals surface area contributed by atoms with Crippen LogP contribution in [0.2, 0.25) is 0 Å². The number of hydrogen-bond acceptors (Lipinski definition) is 7. The van der Waals surface area contributed by atoms with E-state index < -0.39 is 10.2 Å². The van der Waals surface area contributed by atoms with Crippen molar-refractivity contribution in [3.8, 4) is 5.75 Å². The van der Waals surface area contributed by atoms with Gasteiger partial charge in [0.15, 0.2) is 0 Å². The number of hydrogen-bond donors (Lipinski definition) is 4. The predicted molar refractivity (Wildman–Crippen MR) is 136 cm³/mol. The zero-order valence-corrected chi connectivity index (χ0v) is 21.0. The van der Waals surface area contributed by atoms with Crippen molar-refractivity contribution in [3.05, 3.63) is 64.8 Å². The molecule has 3 rings (SSSR count). The summed E-state index contributed by atoms with van der Waals surface area (Å²) in [5, 5.41) is 6.57. The Labute approximate surface area is 201 Å². The average molecular weight is 485 g/mol. The second-order valence-electron chi connectivity index (χ2n) is 7.87. The number of benzene rings is 2. The highest BCUT2D eigenvalue weighted by Crippen LogP contribution is 2.29. The molecule has 0 atom stereocenters. The third-order valence-corrected chi connectivity index (χ3v) is 6.16. The van der Waals surface area contributed by atoms with Crippen LogP contribution in [0.3, 0.4) is 0 Å². The molecule has 34 heavy (non-hydrogen) atoms. The number of aryl methyl sites for hydroxylation is 3. The molecule has 0 radical (unpaired) electrons. The van der Waals surface area contributed by atoms with Gasteiger partial charge < -0.3 is 15.4 Å². The minimum Gasteiger partial charge on any atom is -0.493 e. The normalized spacial score (nSPS) is 11.3. The monoisotopic (exact) mass is 484 g/mol. The van der Waals surface area contributed by atoms with E-state index in [9.17, 15) is 8.42 Å². The minimum absolute atomic E-state index is 0.177. The Morgan fingerprint density at radius 2 is 1.65 bits per heavy atom. The average Bonchev–Trinajstić information content (AvgIpc) is 2.78. The lowest BCUT2D eigenvalue weighted by Gasteiger charge is -2.15. The first-order chi connectivity index (χ1) is 16.2. The van der Waals surface area contributed by atoms with E-state index in [4.69, 9.17) is 4.74 Å². The van der Waals surface area contributed by atoms with E-state index in [2.05, 4.69) is 30.0 Å². The summed E-state index contributed by atoms with van der Waals surface area (Å²) in [4.78, 5) is 9.04. The largest absolute Gasteiger partial charge is 0.493 e. The van der Waals surface area contributed by atoms with E-state index in [1.807, 2.05) is 64.1 Å². The summed E-state index contributed by atoms with van der Waals surface area (Å²) in [5.41, 5.74) is 5.44. The topological polar surface area (TPSA) is 117 Å². The maximum atomic E-state index is 11.8. The molecule has 1 heterocycles. The van der Waals surface area contributed by atoms with Gasteiger partial charge in [0, 0.05) is 36.2 Å². The molecule has 0 saturated heterocycles. The lowest BCUT2D eigenvalue weighted by molar-refractivity contribution is 0.335. The zero-order chi connectivity index (χ0) is 24.7. The third kappa shape index (κ3) is 6.89. The van der Waals surface area contributed by atoms with Crippen molar-refractivity contribution in [2.75, 3.05) is 23.8 Å². The maximum Gasteiger partial charge on any atom is 0.277 e. The molecule has 0 saturated carbocycles. The van der Waals surface area contributed by atoms with Crippen molar-refractivity contribution >= 4 is 33.4 Å². The van der Waals surface area contributed by atoms with Crippen LogP contribution in [0.25, 0.3) is 0 Å². The van der Waals surface area contributed by atoms with Crippen LogP contribution in [-0.4, -0.2) is 31.5 Å². The van der Waals surface area contributed by atoms with Crippen LogP contribution in [-0.2, 0) is 16.8 Å². The molecule has 10 heteroatoms. The van der Waals surface area contributed by atoms with E-state index in [1.165, 1.54) is 0 Å². The van der Waals surface area contributed by atoms with Gasteiger partial charge in [-0.2, -0.15) is 18.1 Å². The molecule has 1 aromatic heterocycles. The first kappa shape index (κ1) is 25.4. The number of nitrogens with zero attached hydrogens (tertiary/aromatic N) is 2. The molecule has 0 aliphatic carbocycles. The van der Waals surface area contributed by atoms with Gasteiger partial charge in [0.2, 0.25) is 5.95 Å². The van der Waals surface area contributed by atoms with E-state index in [0.717, 1.165) is 39.4 Å². The molecule has 0 bridgehead atoms. The van der Waals surface area contributed by atoms with Crippen LogP contribution >= 0.6 is 0 Å². The second-order valence-corrected chi connectivity index (χ2v) is 9.45. The number of aromatic nitrogens is 2. The smallest absolute Gasteiger partial charge is 0.277 e. The van der Waals surface area contributed by atoms with E-state index in [1.54, 1.807) is 13.1 Å². The standard InChI is InChI=1S/C24H32N6O3S/c1-6-26-34(31,32)27-15-19-9-8-10-20(13-19)28-23-18(5)14-25-24(30-23)29-21-11-16(3)22(33-7-2)17(4)12-21/h8-14,26-27H,6-7,15H2,1-5H3,(H2,25,28,29,30). The Hall–Kier alpha value is -3.21. The van der Waals surface area contributed by atoms with Gasteiger partial charge in [-0.1, -0.05) is 19.1 Å². The maximum absolute atomic E-state index is 11.8. The molecule has 0 amide bonds. The molecule has 0 aliphatic heterocycles. The highest BCUT2D eigenvalue weighted by molar-refractivity contribution is 7.87. The van der Waals surface area contributed by atoms with Crippen molar-refractivity contribution in [1.29, 1.82) is 0 Å². The van der Waals surface area contributed by atoms with Gasteiger partial charge in [-0.3, -0.25) is 0 Å². The molecule has 4 N–H and O–H groups in total. The molecular weight excluding hydrogens is 452 g/mol. The van der Waals surface area contributed by atoms with Crippen molar-refractivity contribution in [1.82, 2.24) is 19.4 Å². The molecule has 0 spiro atoms. The second kappa shape index (κ2) is 11.3. The third-order valence-electron chi connectivity index (χ3n) is 4.97. The summed E-state index contributed by atoms with van der Waals surface area (Å²) >= 11 is 0. The van der Waals surface area contributed by atoms with E-state index in [-0.39, 0.29) is 6.54 Å². The predicted octanol–water partition coefficient (Wildman–Crippen LogP) is 4.23. The summed E-state index contributed by atoms with van der Waals surface area (Å²) in [6.07, 6.45) is 1.75. The summed E-state index contributed by atoms with van der Waals surface area (Å²) in [5.74, 6) is 2.01. The SMILES string of the molecule is CCNS(=O)(=O)NCc1cccc(Nc2nc(Nc3cc(C)c(OCC)c(C)c3)ncc2C)c1. The number of anilines is 4. The van der Waals surface area contributed by atoms with Crippen LogP contribution in [0.1, 0.15) is 36.1 Å². The van der Waals surface area contributed by atoms with Crippen LogP contribution in [0.15, 0.2) is 42.6 Å². The first-order valence-electron chi connectivity index (χ1n) is 11.2. The summed E-state index contributed by atoms with van der Waals surface area (Å²) in [6.45, 7) is 10.8. The first-order valence-corrected chi connectivity index (χ1v) is 12.6. The van der Waals surface area contributed by atoms with E-state index >= 15 is 0 Å². The highest BCUT2D eigenvalue weighted by atomic mass is 32.2. The summed E-state index contributed by atoms with van der Waals surface area (Å²) in [7, 11) is -3.51. The zero-order valence-electron chi connectivity index (χ0n) is 20.2. The minimum atomic E-state index is -3.51.